The van der Waals surface area contributed by atoms with Crippen molar-refractivity contribution in [2.45, 2.75) is 30.7 Å². The topological polar surface area (TPSA) is 41.1 Å². The predicted octanol–water partition coefficient (Wildman–Crippen LogP) is 2.84. The van der Waals surface area contributed by atoms with Gasteiger partial charge in [0.1, 0.15) is 5.82 Å². The van der Waals surface area contributed by atoms with Gasteiger partial charge in [-0.25, -0.2) is 4.39 Å². The Labute approximate surface area is 135 Å². The first-order valence-electron chi connectivity index (χ1n) is 7.04. The largest absolute Gasteiger partial charge is 0.352 e. The Morgan fingerprint density at radius 2 is 2.19 bits per heavy atom. The van der Waals surface area contributed by atoms with E-state index >= 15 is 0 Å². The Bertz CT molecular complexity index is 438. The van der Waals surface area contributed by atoms with Gasteiger partial charge in [-0.15, -0.1) is 24.2 Å². The third-order valence-corrected chi connectivity index (χ3v) is 4.68. The van der Waals surface area contributed by atoms with Crippen LogP contribution in [0.1, 0.15) is 19.8 Å². The van der Waals surface area contributed by atoms with Crippen LogP contribution in [0.5, 0.6) is 0 Å². The van der Waals surface area contributed by atoms with Gasteiger partial charge >= 0.3 is 0 Å². The highest BCUT2D eigenvalue weighted by Crippen LogP contribution is 2.21. The van der Waals surface area contributed by atoms with Crippen molar-refractivity contribution in [3.05, 3.63) is 30.1 Å². The lowest BCUT2D eigenvalue weighted by Crippen LogP contribution is -2.47. The Balaban J connectivity index is 0.00000220. The number of nitrogens with one attached hydrogen (secondary N) is 2. The Morgan fingerprint density at radius 3 is 2.81 bits per heavy atom. The van der Waals surface area contributed by atoms with E-state index in [0.29, 0.717) is 5.75 Å². The van der Waals surface area contributed by atoms with Crippen molar-refractivity contribution in [3.8, 4) is 0 Å². The Kier molecular flexibility index (Phi) is 8.07. The molecule has 1 saturated heterocycles. The van der Waals surface area contributed by atoms with E-state index in [1.807, 2.05) is 6.92 Å². The summed E-state index contributed by atoms with van der Waals surface area (Å²) in [6, 6.07) is 6.64. The standard InChI is InChI=1S/C15H21FN2OS.ClH/c1-11(10-20-14-6-4-12(16)5-7-14)15(19)18-13-3-2-8-17-9-13;/h4-7,11,13,17H,2-3,8-10H2,1H3,(H,18,19);1H/t11?,13-;/m0./s1. The minimum atomic E-state index is -0.232. The molecule has 1 aliphatic heterocycles. The minimum Gasteiger partial charge on any atom is -0.352 e. The lowest BCUT2D eigenvalue weighted by atomic mass is 10.1. The van der Waals surface area contributed by atoms with Crippen LogP contribution >= 0.6 is 24.2 Å². The van der Waals surface area contributed by atoms with Crippen molar-refractivity contribution in [1.82, 2.24) is 10.6 Å². The Morgan fingerprint density at radius 1 is 1.48 bits per heavy atom. The van der Waals surface area contributed by atoms with Gasteiger partial charge in [0.05, 0.1) is 0 Å². The van der Waals surface area contributed by atoms with E-state index in [2.05, 4.69) is 10.6 Å². The highest BCUT2D eigenvalue weighted by atomic mass is 35.5. The van der Waals surface area contributed by atoms with Crippen molar-refractivity contribution >= 4 is 30.1 Å². The van der Waals surface area contributed by atoms with Gasteiger partial charge < -0.3 is 10.6 Å². The van der Waals surface area contributed by atoms with Crippen LogP contribution < -0.4 is 10.6 Å². The molecule has 6 heteroatoms. The summed E-state index contributed by atoms with van der Waals surface area (Å²) in [5, 5.41) is 6.38. The normalized spacial score (nSPS) is 19.4. The quantitative estimate of drug-likeness (QED) is 0.815. The summed E-state index contributed by atoms with van der Waals surface area (Å²) in [5.74, 6) is 0.530. The minimum absolute atomic E-state index is 0. The molecule has 1 unspecified atom stereocenters. The molecule has 1 aromatic rings. The average Bonchev–Trinajstić information content (AvgIpc) is 2.47. The smallest absolute Gasteiger partial charge is 0.223 e. The van der Waals surface area contributed by atoms with Gasteiger partial charge in [-0.05, 0) is 43.7 Å². The molecular weight excluding hydrogens is 311 g/mol. The molecule has 1 aliphatic rings. The second kappa shape index (κ2) is 9.28. The number of piperidine rings is 1. The summed E-state index contributed by atoms with van der Waals surface area (Å²) < 4.78 is 12.8. The van der Waals surface area contributed by atoms with Crippen molar-refractivity contribution in [2.24, 2.45) is 5.92 Å². The van der Waals surface area contributed by atoms with Crippen molar-refractivity contribution in [3.63, 3.8) is 0 Å². The number of carbonyl (C=O) groups excluding carboxylic acids is 1. The molecule has 0 saturated carbocycles. The van der Waals surface area contributed by atoms with E-state index in [1.54, 1.807) is 23.9 Å². The van der Waals surface area contributed by atoms with E-state index in [0.717, 1.165) is 30.8 Å². The van der Waals surface area contributed by atoms with E-state index < -0.39 is 0 Å². The molecule has 1 fully saturated rings. The monoisotopic (exact) mass is 332 g/mol. The van der Waals surface area contributed by atoms with Gasteiger partial charge in [0, 0.05) is 29.2 Å². The zero-order chi connectivity index (χ0) is 14.4. The first kappa shape index (κ1) is 18.3. The number of hydrogen-bond donors (Lipinski definition) is 2. The maximum absolute atomic E-state index is 12.8. The van der Waals surface area contributed by atoms with Gasteiger partial charge in [-0.1, -0.05) is 6.92 Å². The Hall–Kier alpha value is -0.780. The van der Waals surface area contributed by atoms with E-state index in [4.69, 9.17) is 0 Å². The van der Waals surface area contributed by atoms with Gasteiger partial charge in [0.2, 0.25) is 5.91 Å². The molecule has 2 atom stereocenters. The SMILES string of the molecule is CC(CSc1ccc(F)cc1)C(=O)N[C@H]1CCCNC1.Cl. The van der Waals surface area contributed by atoms with Crippen LogP contribution in [0.25, 0.3) is 0 Å². The summed E-state index contributed by atoms with van der Waals surface area (Å²) >= 11 is 1.58. The molecule has 118 valence electrons. The maximum atomic E-state index is 12.8. The molecule has 1 amide bonds. The molecule has 1 aromatic carbocycles. The second-order valence-corrected chi connectivity index (χ2v) is 6.31. The fourth-order valence-corrected chi connectivity index (χ4v) is 3.07. The van der Waals surface area contributed by atoms with E-state index in [-0.39, 0.29) is 36.1 Å². The summed E-state index contributed by atoms with van der Waals surface area (Å²) in [6.07, 6.45) is 2.17. The molecule has 1 heterocycles. The molecule has 3 nitrogen and oxygen atoms in total. The molecule has 0 aromatic heterocycles. The number of amides is 1. The van der Waals surface area contributed by atoms with Crippen LogP contribution in [0.2, 0.25) is 0 Å². The third-order valence-electron chi connectivity index (χ3n) is 3.40. The zero-order valence-electron chi connectivity index (χ0n) is 12.1. The first-order chi connectivity index (χ1) is 9.65. The van der Waals surface area contributed by atoms with Crippen LogP contribution in [0.15, 0.2) is 29.2 Å². The van der Waals surface area contributed by atoms with Gasteiger partial charge in [-0.3, -0.25) is 4.79 Å². The lowest BCUT2D eigenvalue weighted by molar-refractivity contribution is -0.124. The lowest BCUT2D eigenvalue weighted by Gasteiger charge is -2.25. The maximum Gasteiger partial charge on any atom is 0.223 e. The molecule has 21 heavy (non-hydrogen) atoms. The van der Waals surface area contributed by atoms with Gasteiger partial charge in [0.25, 0.3) is 0 Å². The molecule has 2 rings (SSSR count). The zero-order valence-corrected chi connectivity index (χ0v) is 13.7. The van der Waals surface area contributed by atoms with Crippen LogP contribution in [0, 0.1) is 11.7 Å². The van der Waals surface area contributed by atoms with Crippen molar-refractivity contribution in [1.29, 1.82) is 0 Å². The van der Waals surface area contributed by atoms with Gasteiger partial charge in [-0.2, -0.15) is 0 Å². The van der Waals surface area contributed by atoms with Crippen LogP contribution in [-0.4, -0.2) is 30.8 Å². The summed E-state index contributed by atoms with van der Waals surface area (Å²) in [4.78, 5) is 13.1. The summed E-state index contributed by atoms with van der Waals surface area (Å²) in [5.41, 5.74) is 0. The summed E-state index contributed by atoms with van der Waals surface area (Å²) in [6.45, 7) is 3.84. The highest BCUT2D eigenvalue weighted by Gasteiger charge is 2.19. The molecule has 0 aliphatic carbocycles. The first-order valence-corrected chi connectivity index (χ1v) is 8.03. The molecule has 2 N–H and O–H groups in total. The van der Waals surface area contributed by atoms with E-state index in [9.17, 15) is 9.18 Å². The van der Waals surface area contributed by atoms with Crippen molar-refractivity contribution in [2.75, 3.05) is 18.8 Å². The molecule has 0 bridgehead atoms. The number of thioether (sulfide) groups is 1. The molecule has 0 radical (unpaired) electrons. The highest BCUT2D eigenvalue weighted by molar-refractivity contribution is 7.99. The van der Waals surface area contributed by atoms with Crippen LogP contribution in [0.3, 0.4) is 0 Å². The third kappa shape index (κ3) is 6.24. The van der Waals surface area contributed by atoms with Gasteiger partial charge in [0.15, 0.2) is 0 Å². The average molecular weight is 333 g/mol. The van der Waals surface area contributed by atoms with Crippen molar-refractivity contribution < 1.29 is 9.18 Å². The number of halogens is 2. The number of hydrogen-bond acceptors (Lipinski definition) is 3. The van der Waals surface area contributed by atoms with E-state index in [1.165, 1.54) is 12.1 Å². The molecular formula is C15H22ClFN2OS. The number of rotatable bonds is 5. The number of carbonyl (C=O) groups is 1. The van der Waals surface area contributed by atoms with Crippen LogP contribution in [0.4, 0.5) is 4.39 Å². The predicted molar refractivity (Wildman–Crippen MR) is 87.6 cm³/mol. The number of benzene rings is 1. The van der Waals surface area contributed by atoms with Crippen LogP contribution in [-0.2, 0) is 4.79 Å². The second-order valence-electron chi connectivity index (χ2n) is 5.22. The fraction of sp³-hybridized carbons (Fsp3) is 0.533. The summed E-state index contributed by atoms with van der Waals surface area (Å²) in [7, 11) is 0. The molecule has 0 spiro atoms. The fourth-order valence-electron chi connectivity index (χ4n) is 2.15.